The number of hydrogen-bond donors (Lipinski definition) is 0. The summed E-state index contributed by atoms with van der Waals surface area (Å²) in [7, 11) is 0. The van der Waals surface area contributed by atoms with Gasteiger partial charge in [0.05, 0.1) is 0 Å². The molecule has 110 valence electrons. The number of aryl methyl sites for hydroxylation is 3. The molecule has 0 aromatic heterocycles. The molecule has 1 aliphatic heterocycles. The molecule has 0 N–H and O–H groups in total. The van der Waals surface area contributed by atoms with Crippen molar-refractivity contribution in [3.8, 4) is 0 Å². The van der Waals surface area contributed by atoms with Crippen molar-refractivity contribution < 1.29 is 9.53 Å². The summed E-state index contributed by atoms with van der Waals surface area (Å²) in [5.74, 6) is -0.0440. The molecule has 0 bridgehead atoms. The Bertz CT molecular complexity index is 778. The molecule has 2 aromatic rings. The van der Waals surface area contributed by atoms with Crippen LogP contribution in [0.15, 0.2) is 53.2 Å². The fraction of sp³-hybridized carbons (Fsp3) is 0.158. The first kappa shape index (κ1) is 14.3. The highest BCUT2D eigenvalue weighted by Crippen LogP contribution is 2.23. The van der Waals surface area contributed by atoms with Gasteiger partial charge in [-0.15, -0.1) is 0 Å². The maximum absolute atomic E-state index is 12.0. The number of nitrogens with zero attached hydrogens (tertiary/aromatic N) is 1. The molecule has 0 spiro atoms. The van der Waals surface area contributed by atoms with E-state index in [-0.39, 0.29) is 0 Å². The molecule has 22 heavy (non-hydrogen) atoms. The van der Waals surface area contributed by atoms with Gasteiger partial charge in [0.1, 0.15) is 0 Å². The molecule has 1 aliphatic rings. The molecule has 3 nitrogen and oxygen atoms in total. The summed E-state index contributed by atoms with van der Waals surface area (Å²) < 4.78 is 5.28. The van der Waals surface area contributed by atoms with Crippen molar-refractivity contribution in [1.29, 1.82) is 0 Å². The Balaban J connectivity index is 2.02. The van der Waals surface area contributed by atoms with Gasteiger partial charge in [-0.25, -0.2) is 9.79 Å². The predicted octanol–water partition coefficient (Wildman–Crippen LogP) is 3.96. The highest BCUT2D eigenvalue weighted by molar-refractivity contribution is 6.12. The number of benzene rings is 2. The molecule has 3 heteroatoms. The van der Waals surface area contributed by atoms with Gasteiger partial charge in [0.2, 0.25) is 5.90 Å². The smallest absolute Gasteiger partial charge is 0.363 e. The van der Waals surface area contributed by atoms with Crippen LogP contribution in [-0.2, 0) is 9.53 Å². The Morgan fingerprint density at radius 1 is 1.00 bits per heavy atom. The SMILES string of the molecule is Cc1cc(C)c(/C=C2\N=C(c3ccccc3)OC2=O)c(C)c1. The van der Waals surface area contributed by atoms with Crippen LogP contribution in [-0.4, -0.2) is 11.9 Å². The highest BCUT2D eigenvalue weighted by Gasteiger charge is 2.24. The highest BCUT2D eigenvalue weighted by atomic mass is 16.6. The van der Waals surface area contributed by atoms with Crippen LogP contribution >= 0.6 is 0 Å². The molecule has 0 saturated heterocycles. The van der Waals surface area contributed by atoms with E-state index in [1.165, 1.54) is 5.56 Å². The molecular weight excluding hydrogens is 274 g/mol. The maximum atomic E-state index is 12.0. The normalized spacial score (nSPS) is 15.9. The Kier molecular flexibility index (Phi) is 3.63. The van der Waals surface area contributed by atoms with E-state index in [0.29, 0.717) is 11.6 Å². The van der Waals surface area contributed by atoms with E-state index in [1.807, 2.05) is 50.3 Å². The second-order valence-corrected chi connectivity index (χ2v) is 5.51. The van der Waals surface area contributed by atoms with Crippen molar-refractivity contribution in [3.05, 3.63) is 76.0 Å². The fourth-order valence-corrected chi connectivity index (χ4v) is 2.67. The summed E-state index contributed by atoms with van der Waals surface area (Å²) >= 11 is 0. The molecule has 0 atom stereocenters. The van der Waals surface area contributed by atoms with Crippen molar-refractivity contribution in [2.45, 2.75) is 20.8 Å². The number of esters is 1. The molecular formula is C19H17NO2. The minimum absolute atomic E-state index is 0.342. The van der Waals surface area contributed by atoms with Crippen LogP contribution in [0.2, 0.25) is 0 Å². The van der Waals surface area contributed by atoms with Gasteiger partial charge in [-0.1, -0.05) is 35.9 Å². The maximum Gasteiger partial charge on any atom is 0.363 e. The second kappa shape index (κ2) is 5.60. The standard InChI is InChI=1S/C19H17NO2/c1-12-9-13(2)16(14(3)10-12)11-17-19(21)22-18(20-17)15-7-5-4-6-8-15/h4-11H,1-3H3/b17-11-. The van der Waals surface area contributed by atoms with Crippen LogP contribution in [0.3, 0.4) is 0 Å². The zero-order chi connectivity index (χ0) is 15.7. The van der Waals surface area contributed by atoms with Crippen LogP contribution < -0.4 is 0 Å². The van der Waals surface area contributed by atoms with Crippen molar-refractivity contribution >= 4 is 17.9 Å². The number of aliphatic imine (C=N–C) groups is 1. The zero-order valence-electron chi connectivity index (χ0n) is 12.9. The Hall–Kier alpha value is -2.68. The first-order valence-electron chi connectivity index (χ1n) is 7.20. The number of carbonyl (C=O) groups is 1. The number of rotatable bonds is 2. The van der Waals surface area contributed by atoms with Crippen LogP contribution in [0, 0.1) is 20.8 Å². The Morgan fingerprint density at radius 3 is 2.27 bits per heavy atom. The minimum atomic E-state index is -0.404. The summed E-state index contributed by atoms with van der Waals surface area (Å²) in [6.07, 6.45) is 1.81. The monoisotopic (exact) mass is 291 g/mol. The lowest BCUT2D eigenvalue weighted by Gasteiger charge is -2.07. The van der Waals surface area contributed by atoms with E-state index in [2.05, 4.69) is 24.0 Å². The van der Waals surface area contributed by atoms with Gasteiger partial charge in [-0.3, -0.25) is 0 Å². The quantitative estimate of drug-likeness (QED) is 0.620. The van der Waals surface area contributed by atoms with Crippen LogP contribution in [0.25, 0.3) is 6.08 Å². The Labute approximate surface area is 130 Å². The lowest BCUT2D eigenvalue weighted by molar-refractivity contribution is -0.129. The van der Waals surface area contributed by atoms with Gasteiger partial charge in [0.25, 0.3) is 0 Å². The molecule has 1 heterocycles. The van der Waals surface area contributed by atoms with Gasteiger partial charge < -0.3 is 4.74 Å². The largest absolute Gasteiger partial charge is 0.402 e. The van der Waals surface area contributed by atoms with Crippen molar-refractivity contribution in [2.24, 2.45) is 4.99 Å². The third-order valence-corrected chi connectivity index (χ3v) is 3.66. The van der Waals surface area contributed by atoms with E-state index in [1.54, 1.807) is 0 Å². The molecule has 0 unspecified atom stereocenters. The van der Waals surface area contributed by atoms with Crippen molar-refractivity contribution in [1.82, 2.24) is 0 Å². The third kappa shape index (κ3) is 2.70. The average Bonchev–Trinajstić information content (AvgIpc) is 2.85. The summed E-state index contributed by atoms with van der Waals surface area (Å²) in [5, 5.41) is 0. The van der Waals surface area contributed by atoms with E-state index >= 15 is 0 Å². The number of ether oxygens (including phenoxy) is 1. The number of carbonyl (C=O) groups excluding carboxylic acids is 1. The second-order valence-electron chi connectivity index (χ2n) is 5.51. The molecule has 0 aliphatic carbocycles. The first-order chi connectivity index (χ1) is 10.5. The summed E-state index contributed by atoms with van der Waals surface area (Å²) in [6.45, 7) is 6.13. The van der Waals surface area contributed by atoms with Crippen molar-refractivity contribution in [3.63, 3.8) is 0 Å². The fourth-order valence-electron chi connectivity index (χ4n) is 2.67. The lowest BCUT2D eigenvalue weighted by atomic mass is 9.99. The third-order valence-electron chi connectivity index (χ3n) is 3.66. The van der Waals surface area contributed by atoms with Crippen LogP contribution in [0.1, 0.15) is 27.8 Å². The van der Waals surface area contributed by atoms with Crippen molar-refractivity contribution in [2.75, 3.05) is 0 Å². The zero-order valence-corrected chi connectivity index (χ0v) is 12.9. The summed E-state index contributed by atoms with van der Waals surface area (Å²) in [5.41, 5.74) is 5.63. The number of hydrogen-bond acceptors (Lipinski definition) is 3. The predicted molar refractivity (Wildman–Crippen MR) is 87.7 cm³/mol. The molecule has 0 fully saturated rings. The minimum Gasteiger partial charge on any atom is -0.402 e. The van der Waals surface area contributed by atoms with Gasteiger partial charge in [-0.2, -0.15) is 0 Å². The topological polar surface area (TPSA) is 38.7 Å². The number of cyclic esters (lactones) is 1. The van der Waals surface area contributed by atoms with Gasteiger partial charge in [0.15, 0.2) is 5.70 Å². The average molecular weight is 291 g/mol. The summed E-state index contributed by atoms with van der Waals surface area (Å²) in [4.78, 5) is 16.4. The van der Waals surface area contributed by atoms with E-state index in [9.17, 15) is 4.79 Å². The first-order valence-corrected chi connectivity index (χ1v) is 7.20. The van der Waals surface area contributed by atoms with E-state index in [4.69, 9.17) is 4.74 Å². The summed E-state index contributed by atoms with van der Waals surface area (Å²) in [6, 6.07) is 13.6. The van der Waals surface area contributed by atoms with E-state index in [0.717, 1.165) is 22.3 Å². The van der Waals surface area contributed by atoms with E-state index < -0.39 is 5.97 Å². The van der Waals surface area contributed by atoms with Gasteiger partial charge >= 0.3 is 5.97 Å². The Morgan fingerprint density at radius 2 is 1.64 bits per heavy atom. The molecule has 0 saturated carbocycles. The van der Waals surface area contributed by atoms with Gasteiger partial charge in [-0.05, 0) is 55.7 Å². The molecule has 0 radical (unpaired) electrons. The van der Waals surface area contributed by atoms with Gasteiger partial charge in [0, 0.05) is 5.56 Å². The van der Waals surface area contributed by atoms with Crippen LogP contribution in [0.4, 0.5) is 0 Å². The molecule has 2 aromatic carbocycles. The lowest BCUT2D eigenvalue weighted by Crippen LogP contribution is -2.05. The molecule has 3 rings (SSSR count). The van der Waals surface area contributed by atoms with Crippen LogP contribution in [0.5, 0.6) is 0 Å². The molecule has 0 amide bonds.